The summed E-state index contributed by atoms with van der Waals surface area (Å²) >= 11 is 0. The average Bonchev–Trinajstić information content (AvgIpc) is 2.42. The Hall–Kier alpha value is -1.61. The Morgan fingerprint density at radius 3 is 2.33 bits per heavy atom. The molecule has 0 unspecified atom stereocenters. The Bertz CT molecular complexity index is 453. The van der Waals surface area contributed by atoms with E-state index in [1.165, 1.54) is 7.11 Å². The van der Waals surface area contributed by atoms with Gasteiger partial charge in [0.2, 0.25) is 0 Å². The van der Waals surface area contributed by atoms with Crippen molar-refractivity contribution >= 4 is 5.97 Å². The van der Waals surface area contributed by atoms with Crippen molar-refractivity contribution in [2.45, 2.75) is 47.1 Å². The van der Waals surface area contributed by atoms with Crippen molar-refractivity contribution in [3.63, 3.8) is 0 Å². The third-order valence-corrected chi connectivity index (χ3v) is 3.15. The van der Waals surface area contributed by atoms with Gasteiger partial charge in [-0.2, -0.15) is 0 Å². The van der Waals surface area contributed by atoms with Gasteiger partial charge in [0, 0.05) is 11.5 Å². The van der Waals surface area contributed by atoms with Gasteiger partial charge in [0.15, 0.2) is 0 Å². The van der Waals surface area contributed by atoms with Crippen molar-refractivity contribution < 1.29 is 14.6 Å². The molecule has 0 aromatic carbocycles. The fourth-order valence-electron chi connectivity index (χ4n) is 2.03. The lowest BCUT2D eigenvalue weighted by atomic mass is 9.98. The molecule has 0 rings (SSSR count). The predicted molar refractivity (Wildman–Crippen MR) is 87.9 cm³/mol. The summed E-state index contributed by atoms with van der Waals surface area (Å²) in [4.78, 5) is 11.3. The van der Waals surface area contributed by atoms with E-state index in [-0.39, 0.29) is 18.0 Å². The van der Waals surface area contributed by atoms with Crippen molar-refractivity contribution in [2.75, 3.05) is 7.11 Å². The third-order valence-electron chi connectivity index (χ3n) is 3.15. The Balaban J connectivity index is 4.84. The van der Waals surface area contributed by atoms with Gasteiger partial charge in [0.25, 0.3) is 0 Å². The lowest BCUT2D eigenvalue weighted by Gasteiger charge is -2.14. The molecule has 0 radical (unpaired) electrons. The van der Waals surface area contributed by atoms with Gasteiger partial charge < -0.3 is 9.84 Å². The monoisotopic (exact) mass is 292 g/mol. The summed E-state index contributed by atoms with van der Waals surface area (Å²) in [6, 6.07) is 0. The molecule has 0 heterocycles. The van der Waals surface area contributed by atoms with E-state index in [0.29, 0.717) is 12.0 Å². The minimum atomic E-state index is -0.378. The number of methoxy groups -OCH3 is 1. The van der Waals surface area contributed by atoms with Crippen LogP contribution in [0.15, 0.2) is 47.1 Å². The van der Waals surface area contributed by atoms with Crippen LogP contribution in [0.4, 0.5) is 0 Å². The second-order valence-corrected chi connectivity index (χ2v) is 5.35. The van der Waals surface area contributed by atoms with Gasteiger partial charge >= 0.3 is 5.97 Å². The van der Waals surface area contributed by atoms with E-state index in [4.69, 9.17) is 0 Å². The zero-order chi connectivity index (χ0) is 16.4. The van der Waals surface area contributed by atoms with E-state index >= 15 is 0 Å². The number of carbonyl (C=O) groups is 1. The molecule has 0 aliphatic carbocycles. The number of rotatable bonds is 7. The van der Waals surface area contributed by atoms with Crippen LogP contribution in [0.25, 0.3) is 0 Å². The molecule has 0 aliphatic rings. The SMILES string of the molecule is C/C=C/C[C@@H](O)[C@H](C)/C=C(C)/C=C(C)/C=C(\C)C(=O)OC. The Labute approximate surface area is 128 Å². The first-order valence-corrected chi connectivity index (χ1v) is 7.24. The third kappa shape index (κ3) is 8.30. The average molecular weight is 292 g/mol. The molecule has 3 nitrogen and oxygen atoms in total. The Morgan fingerprint density at radius 2 is 1.81 bits per heavy atom. The number of hydrogen-bond donors (Lipinski definition) is 1. The Morgan fingerprint density at radius 1 is 1.19 bits per heavy atom. The van der Waals surface area contributed by atoms with Gasteiger partial charge in [0.1, 0.15) is 0 Å². The number of aliphatic hydroxyl groups excluding tert-OH is 1. The lowest BCUT2D eigenvalue weighted by Crippen LogP contribution is -2.14. The largest absolute Gasteiger partial charge is 0.466 e. The molecular formula is C18H28O3. The maximum atomic E-state index is 11.3. The van der Waals surface area contributed by atoms with Crippen molar-refractivity contribution in [1.82, 2.24) is 0 Å². The van der Waals surface area contributed by atoms with Crippen LogP contribution >= 0.6 is 0 Å². The minimum absolute atomic E-state index is 0.0796. The van der Waals surface area contributed by atoms with Gasteiger partial charge in [-0.15, -0.1) is 0 Å². The zero-order valence-electron chi connectivity index (χ0n) is 14.0. The number of hydrogen-bond acceptors (Lipinski definition) is 3. The van der Waals surface area contributed by atoms with Crippen LogP contribution in [0, 0.1) is 5.92 Å². The number of carbonyl (C=O) groups excluding carboxylic acids is 1. The van der Waals surface area contributed by atoms with Gasteiger partial charge in [-0.25, -0.2) is 4.79 Å². The fraction of sp³-hybridized carbons (Fsp3) is 0.500. The van der Waals surface area contributed by atoms with Gasteiger partial charge in [-0.3, -0.25) is 0 Å². The van der Waals surface area contributed by atoms with Crippen LogP contribution in [0.5, 0.6) is 0 Å². The topological polar surface area (TPSA) is 46.5 Å². The van der Waals surface area contributed by atoms with E-state index < -0.39 is 0 Å². The maximum Gasteiger partial charge on any atom is 0.333 e. The van der Waals surface area contributed by atoms with Crippen LogP contribution in [-0.2, 0) is 9.53 Å². The van der Waals surface area contributed by atoms with Crippen molar-refractivity contribution in [3.05, 3.63) is 47.1 Å². The normalized spacial score (nSPS) is 17.0. The maximum absolute atomic E-state index is 11.3. The van der Waals surface area contributed by atoms with Crippen molar-refractivity contribution in [2.24, 2.45) is 5.92 Å². The second kappa shape index (κ2) is 10.2. The standard InChI is InChI=1S/C18H28O3/c1-7-8-9-17(19)15(4)11-13(2)10-14(3)12-16(5)18(20)21-6/h7-8,10-12,15,17,19H,9H2,1-6H3/b8-7+,13-11+,14-10+,16-12+/t15-,17-/m1/s1. The summed E-state index contributed by atoms with van der Waals surface area (Å²) in [6.45, 7) is 9.59. The van der Waals surface area contributed by atoms with Crippen molar-refractivity contribution in [1.29, 1.82) is 0 Å². The fourth-order valence-corrected chi connectivity index (χ4v) is 2.03. The van der Waals surface area contributed by atoms with Crippen LogP contribution in [0.2, 0.25) is 0 Å². The number of aliphatic hydroxyl groups is 1. The summed E-state index contributed by atoms with van der Waals surface area (Å²) < 4.78 is 4.66. The van der Waals surface area contributed by atoms with E-state index in [2.05, 4.69) is 4.74 Å². The summed E-state index contributed by atoms with van der Waals surface area (Å²) in [7, 11) is 1.37. The molecule has 0 bridgehead atoms. The molecular weight excluding hydrogens is 264 g/mol. The molecule has 1 N–H and O–H groups in total. The minimum Gasteiger partial charge on any atom is -0.466 e. The van der Waals surface area contributed by atoms with Gasteiger partial charge in [-0.05, 0) is 40.2 Å². The smallest absolute Gasteiger partial charge is 0.333 e. The highest BCUT2D eigenvalue weighted by molar-refractivity contribution is 5.88. The van der Waals surface area contributed by atoms with E-state index in [1.54, 1.807) is 13.0 Å². The number of allylic oxidation sites excluding steroid dienone is 5. The van der Waals surface area contributed by atoms with Crippen LogP contribution in [0.3, 0.4) is 0 Å². The summed E-state index contributed by atoms with van der Waals surface area (Å²) in [6.07, 6.45) is 10.0. The summed E-state index contributed by atoms with van der Waals surface area (Å²) in [5.41, 5.74) is 2.61. The molecule has 0 aliphatic heterocycles. The predicted octanol–water partition coefficient (Wildman–Crippen LogP) is 3.96. The van der Waals surface area contributed by atoms with Gasteiger partial charge in [-0.1, -0.05) is 42.4 Å². The van der Waals surface area contributed by atoms with E-state index in [1.807, 2.05) is 52.0 Å². The molecule has 0 fully saturated rings. The van der Waals surface area contributed by atoms with Crippen LogP contribution in [0.1, 0.15) is 41.0 Å². The molecule has 118 valence electrons. The molecule has 0 spiro atoms. The molecule has 0 saturated heterocycles. The first-order chi connectivity index (χ1) is 9.81. The van der Waals surface area contributed by atoms with Crippen molar-refractivity contribution in [3.8, 4) is 0 Å². The molecule has 21 heavy (non-hydrogen) atoms. The highest BCUT2D eigenvalue weighted by Gasteiger charge is 2.09. The lowest BCUT2D eigenvalue weighted by molar-refractivity contribution is -0.136. The van der Waals surface area contributed by atoms with Crippen LogP contribution < -0.4 is 0 Å². The van der Waals surface area contributed by atoms with Crippen LogP contribution in [-0.4, -0.2) is 24.3 Å². The Kier molecular flexibility index (Phi) is 9.39. The molecule has 0 saturated carbocycles. The summed E-state index contributed by atoms with van der Waals surface area (Å²) in [5, 5.41) is 9.99. The molecule has 0 aromatic rings. The van der Waals surface area contributed by atoms with Gasteiger partial charge in [0.05, 0.1) is 13.2 Å². The highest BCUT2D eigenvalue weighted by atomic mass is 16.5. The summed E-state index contributed by atoms with van der Waals surface area (Å²) in [5.74, 6) is -0.240. The molecule has 0 amide bonds. The number of ether oxygens (including phenoxy) is 1. The molecule has 3 heteroatoms. The number of esters is 1. The first-order valence-electron chi connectivity index (χ1n) is 7.24. The second-order valence-electron chi connectivity index (χ2n) is 5.35. The van der Waals surface area contributed by atoms with E-state index in [9.17, 15) is 9.90 Å². The first kappa shape index (κ1) is 19.4. The highest BCUT2D eigenvalue weighted by Crippen LogP contribution is 2.14. The molecule has 0 aromatic heterocycles. The van der Waals surface area contributed by atoms with E-state index in [0.717, 1.165) is 11.1 Å². The quantitative estimate of drug-likeness (QED) is 0.334. The zero-order valence-corrected chi connectivity index (χ0v) is 14.0. The molecule has 2 atom stereocenters.